The summed E-state index contributed by atoms with van der Waals surface area (Å²) in [4.78, 5) is 17.2. The molecule has 0 spiro atoms. The van der Waals surface area contributed by atoms with Crippen molar-refractivity contribution < 1.29 is 9.53 Å². The zero-order valence-electron chi connectivity index (χ0n) is 14.0. The fraction of sp³-hybridized carbons (Fsp3) is 0.611. The minimum atomic E-state index is -0.156. The second-order valence-electron chi connectivity index (χ2n) is 6.46. The van der Waals surface area contributed by atoms with Gasteiger partial charge in [0.1, 0.15) is 18.4 Å². The van der Waals surface area contributed by atoms with Crippen LogP contribution in [0.25, 0.3) is 0 Å². The number of rotatable bonds is 5. The molecular formula is C18H27N3O2. The highest BCUT2D eigenvalue weighted by atomic mass is 16.5. The Balaban J connectivity index is 1.64. The molecule has 0 saturated carbocycles. The van der Waals surface area contributed by atoms with E-state index in [0.29, 0.717) is 6.61 Å². The van der Waals surface area contributed by atoms with Gasteiger partial charge in [-0.2, -0.15) is 0 Å². The van der Waals surface area contributed by atoms with Crippen LogP contribution in [0.4, 0.5) is 0 Å². The van der Waals surface area contributed by atoms with E-state index in [1.165, 1.54) is 18.4 Å². The molecule has 1 aromatic rings. The second-order valence-corrected chi connectivity index (χ2v) is 6.46. The number of carbonyl (C=O) groups excluding carboxylic acids is 1. The number of nitrogens with one attached hydrogen (secondary N) is 1. The van der Waals surface area contributed by atoms with E-state index in [1.54, 1.807) is 0 Å². The van der Waals surface area contributed by atoms with Crippen molar-refractivity contribution in [3.8, 4) is 5.75 Å². The Bertz CT molecular complexity index is 506. The molecule has 3 rings (SSSR count). The highest BCUT2D eigenvalue weighted by molar-refractivity contribution is 5.82. The number of benzene rings is 1. The van der Waals surface area contributed by atoms with E-state index >= 15 is 0 Å². The Labute approximate surface area is 138 Å². The Morgan fingerprint density at radius 1 is 1.13 bits per heavy atom. The van der Waals surface area contributed by atoms with Crippen molar-refractivity contribution in [2.45, 2.75) is 25.8 Å². The summed E-state index contributed by atoms with van der Waals surface area (Å²) in [6.45, 7) is 7.87. The Morgan fingerprint density at radius 2 is 1.78 bits per heavy atom. The first-order valence-corrected chi connectivity index (χ1v) is 8.67. The molecular weight excluding hydrogens is 290 g/mol. The van der Waals surface area contributed by atoms with Crippen LogP contribution in [-0.2, 0) is 4.79 Å². The van der Waals surface area contributed by atoms with Crippen LogP contribution >= 0.6 is 0 Å². The Kier molecular flexibility index (Phi) is 5.51. The average molecular weight is 317 g/mol. The van der Waals surface area contributed by atoms with E-state index in [4.69, 9.17) is 4.74 Å². The van der Waals surface area contributed by atoms with Crippen LogP contribution in [-0.4, -0.2) is 67.6 Å². The maximum absolute atomic E-state index is 12.9. The van der Waals surface area contributed by atoms with Gasteiger partial charge >= 0.3 is 0 Å². The molecule has 5 heteroatoms. The molecule has 2 aliphatic heterocycles. The van der Waals surface area contributed by atoms with Gasteiger partial charge < -0.3 is 15.0 Å². The highest BCUT2D eigenvalue weighted by Crippen LogP contribution is 2.17. The number of nitrogens with zero attached hydrogens (tertiary/aromatic N) is 2. The molecule has 1 unspecified atom stereocenters. The molecule has 0 radical (unpaired) electrons. The summed E-state index contributed by atoms with van der Waals surface area (Å²) in [6, 6.07) is 7.88. The lowest BCUT2D eigenvalue weighted by Gasteiger charge is -2.34. The van der Waals surface area contributed by atoms with Crippen molar-refractivity contribution in [2.75, 3.05) is 45.9 Å². The number of amides is 1. The van der Waals surface area contributed by atoms with Gasteiger partial charge in [0, 0.05) is 26.2 Å². The number of carbonyl (C=O) groups is 1. The van der Waals surface area contributed by atoms with Crippen LogP contribution in [0.15, 0.2) is 24.3 Å². The number of hydrogen-bond donors (Lipinski definition) is 1. The van der Waals surface area contributed by atoms with Crippen LogP contribution in [0.5, 0.6) is 5.75 Å². The molecule has 1 amide bonds. The second kappa shape index (κ2) is 7.79. The van der Waals surface area contributed by atoms with Gasteiger partial charge in [0.15, 0.2) is 0 Å². The molecule has 0 aliphatic carbocycles. The summed E-state index contributed by atoms with van der Waals surface area (Å²) < 4.78 is 5.94. The minimum absolute atomic E-state index is 0.156. The first kappa shape index (κ1) is 16.3. The summed E-state index contributed by atoms with van der Waals surface area (Å²) >= 11 is 0. The standard InChI is InChI=1S/C18H27N3O2/c1-15-4-6-16(7-5-15)23-14-17(20-10-2-3-11-20)18(22)21-12-8-19-9-13-21/h4-7,17,19H,2-3,8-14H2,1H3. The average Bonchev–Trinajstić information content (AvgIpc) is 3.12. The fourth-order valence-electron chi connectivity index (χ4n) is 3.29. The minimum Gasteiger partial charge on any atom is -0.491 e. The smallest absolute Gasteiger partial charge is 0.243 e. The normalized spacial score (nSPS) is 20.5. The third-order valence-corrected chi connectivity index (χ3v) is 4.72. The van der Waals surface area contributed by atoms with Gasteiger partial charge in [-0.05, 0) is 45.0 Å². The summed E-state index contributed by atoms with van der Waals surface area (Å²) in [5.74, 6) is 1.06. The van der Waals surface area contributed by atoms with Crippen LogP contribution in [0.3, 0.4) is 0 Å². The molecule has 126 valence electrons. The van der Waals surface area contributed by atoms with Gasteiger partial charge in [-0.3, -0.25) is 9.69 Å². The van der Waals surface area contributed by atoms with Crippen LogP contribution in [0.1, 0.15) is 18.4 Å². The molecule has 2 aliphatic rings. The van der Waals surface area contributed by atoms with Crippen LogP contribution < -0.4 is 10.1 Å². The van der Waals surface area contributed by atoms with Crippen molar-refractivity contribution in [1.82, 2.24) is 15.1 Å². The van der Waals surface area contributed by atoms with Crippen LogP contribution in [0.2, 0.25) is 0 Å². The van der Waals surface area contributed by atoms with Gasteiger partial charge in [0.2, 0.25) is 5.91 Å². The molecule has 0 aromatic heterocycles. The van der Waals surface area contributed by atoms with E-state index in [-0.39, 0.29) is 11.9 Å². The first-order chi connectivity index (χ1) is 11.2. The molecule has 1 N–H and O–H groups in total. The molecule has 2 fully saturated rings. The number of likely N-dealkylation sites (tertiary alicyclic amines) is 1. The lowest BCUT2D eigenvalue weighted by atomic mass is 10.2. The molecule has 1 atom stereocenters. The van der Waals surface area contributed by atoms with Gasteiger partial charge in [-0.25, -0.2) is 0 Å². The quantitative estimate of drug-likeness (QED) is 0.888. The van der Waals surface area contributed by atoms with Crippen molar-refractivity contribution in [3.05, 3.63) is 29.8 Å². The van der Waals surface area contributed by atoms with Gasteiger partial charge in [0.25, 0.3) is 0 Å². The van der Waals surface area contributed by atoms with Crippen LogP contribution in [0, 0.1) is 6.92 Å². The third kappa shape index (κ3) is 4.24. The predicted octanol–water partition coefficient (Wildman–Crippen LogP) is 1.27. The molecule has 5 nitrogen and oxygen atoms in total. The van der Waals surface area contributed by atoms with E-state index in [0.717, 1.165) is 45.0 Å². The molecule has 2 saturated heterocycles. The van der Waals surface area contributed by atoms with E-state index < -0.39 is 0 Å². The van der Waals surface area contributed by atoms with E-state index in [2.05, 4.69) is 17.1 Å². The lowest BCUT2D eigenvalue weighted by Crippen LogP contribution is -2.55. The summed E-state index contributed by atoms with van der Waals surface area (Å²) in [5, 5.41) is 3.30. The van der Waals surface area contributed by atoms with E-state index in [9.17, 15) is 4.79 Å². The van der Waals surface area contributed by atoms with Crippen molar-refractivity contribution in [2.24, 2.45) is 0 Å². The fourth-order valence-corrected chi connectivity index (χ4v) is 3.29. The maximum atomic E-state index is 12.9. The largest absolute Gasteiger partial charge is 0.491 e. The zero-order valence-corrected chi connectivity index (χ0v) is 14.0. The third-order valence-electron chi connectivity index (χ3n) is 4.72. The number of piperazine rings is 1. The van der Waals surface area contributed by atoms with Crippen molar-refractivity contribution >= 4 is 5.91 Å². The molecule has 1 aromatic carbocycles. The van der Waals surface area contributed by atoms with Gasteiger partial charge in [-0.1, -0.05) is 17.7 Å². The summed E-state index contributed by atoms with van der Waals surface area (Å²) in [7, 11) is 0. The highest BCUT2D eigenvalue weighted by Gasteiger charge is 2.32. The predicted molar refractivity (Wildman–Crippen MR) is 90.7 cm³/mol. The first-order valence-electron chi connectivity index (χ1n) is 8.67. The molecule has 23 heavy (non-hydrogen) atoms. The lowest BCUT2D eigenvalue weighted by molar-refractivity contribution is -0.138. The monoisotopic (exact) mass is 317 g/mol. The number of aryl methyl sites for hydroxylation is 1. The van der Waals surface area contributed by atoms with E-state index in [1.807, 2.05) is 29.2 Å². The SMILES string of the molecule is Cc1ccc(OCC(C(=O)N2CCNCC2)N2CCCC2)cc1. The Morgan fingerprint density at radius 3 is 2.43 bits per heavy atom. The van der Waals surface area contributed by atoms with Crippen molar-refractivity contribution in [3.63, 3.8) is 0 Å². The summed E-state index contributed by atoms with van der Waals surface area (Å²) in [6.07, 6.45) is 2.35. The molecule has 2 heterocycles. The zero-order chi connectivity index (χ0) is 16.1. The van der Waals surface area contributed by atoms with Gasteiger partial charge in [-0.15, -0.1) is 0 Å². The maximum Gasteiger partial charge on any atom is 0.243 e. The molecule has 0 bridgehead atoms. The number of ether oxygens (including phenoxy) is 1. The Hall–Kier alpha value is -1.59. The number of hydrogen-bond acceptors (Lipinski definition) is 4. The summed E-state index contributed by atoms with van der Waals surface area (Å²) in [5.41, 5.74) is 1.21. The van der Waals surface area contributed by atoms with Crippen molar-refractivity contribution in [1.29, 1.82) is 0 Å². The van der Waals surface area contributed by atoms with Gasteiger partial charge in [0.05, 0.1) is 0 Å². The topological polar surface area (TPSA) is 44.8 Å².